The Morgan fingerprint density at radius 2 is 1.74 bits per heavy atom. The first kappa shape index (κ1) is 20.0. The smallest absolute Gasteiger partial charge is 0.271 e. The molecule has 2 heterocycles. The predicted molar refractivity (Wildman–Crippen MR) is 119 cm³/mol. The zero-order chi connectivity index (χ0) is 21.6. The van der Waals surface area contributed by atoms with Crippen LogP contribution in [0.5, 0.6) is 17.4 Å². The van der Waals surface area contributed by atoms with Gasteiger partial charge in [-0.05, 0) is 55.5 Å². The number of ether oxygens (including phenoxy) is 2. The molecule has 7 heteroatoms. The number of carbonyl (C=O) groups excluding carboxylic acids is 1. The second-order valence-electron chi connectivity index (χ2n) is 6.79. The van der Waals surface area contributed by atoms with E-state index in [1.165, 1.54) is 6.21 Å². The van der Waals surface area contributed by atoms with Crippen molar-refractivity contribution in [2.45, 2.75) is 6.92 Å². The van der Waals surface area contributed by atoms with E-state index >= 15 is 0 Å². The van der Waals surface area contributed by atoms with Gasteiger partial charge in [0, 0.05) is 23.3 Å². The summed E-state index contributed by atoms with van der Waals surface area (Å²) in [6, 6.07) is 18.4. The first-order valence-electron chi connectivity index (χ1n) is 9.59. The highest BCUT2D eigenvalue weighted by Gasteiger charge is 2.10. The summed E-state index contributed by atoms with van der Waals surface area (Å²) in [5.74, 6) is 1.41. The van der Waals surface area contributed by atoms with E-state index in [-0.39, 0.29) is 5.91 Å². The molecule has 0 saturated carbocycles. The molecule has 1 amide bonds. The van der Waals surface area contributed by atoms with Gasteiger partial charge in [-0.2, -0.15) is 5.10 Å². The van der Waals surface area contributed by atoms with Gasteiger partial charge in [0.15, 0.2) is 0 Å². The van der Waals surface area contributed by atoms with Crippen LogP contribution in [-0.2, 0) is 0 Å². The molecule has 0 aliphatic heterocycles. The normalized spacial score (nSPS) is 10.9. The first-order valence-corrected chi connectivity index (χ1v) is 9.59. The number of rotatable bonds is 6. The minimum absolute atomic E-state index is 0.338. The molecular weight excluding hydrogens is 392 g/mol. The SMILES string of the molecule is COc1ccc2nc(Oc3ccc(C)cc3)c(/C=N/NC(=O)c3ccncc3)cc2c1. The van der Waals surface area contributed by atoms with Crippen molar-refractivity contribution in [1.82, 2.24) is 15.4 Å². The molecule has 7 nitrogen and oxygen atoms in total. The number of fused-ring (bicyclic) bond motifs is 1. The minimum Gasteiger partial charge on any atom is -0.497 e. The standard InChI is InChI=1S/C24H20N4O3/c1-16-3-5-20(6-4-16)31-24-19(13-18-14-21(30-2)7-8-22(18)27-24)15-26-28-23(29)17-9-11-25-12-10-17/h3-15H,1-2H3,(H,28,29)/b26-15+. The summed E-state index contributed by atoms with van der Waals surface area (Å²) < 4.78 is 11.3. The molecule has 2 aromatic heterocycles. The maximum atomic E-state index is 12.2. The van der Waals surface area contributed by atoms with Crippen LogP contribution in [-0.4, -0.2) is 29.2 Å². The summed E-state index contributed by atoms with van der Waals surface area (Å²) in [4.78, 5) is 20.8. The maximum absolute atomic E-state index is 12.2. The maximum Gasteiger partial charge on any atom is 0.271 e. The molecule has 2 aromatic carbocycles. The van der Waals surface area contributed by atoms with Gasteiger partial charge in [-0.25, -0.2) is 10.4 Å². The van der Waals surface area contributed by atoms with Crippen molar-refractivity contribution in [3.8, 4) is 17.4 Å². The number of hydrogen-bond donors (Lipinski definition) is 1. The Bertz CT molecular complexity index is 1240. The fourth-order valence-electron chi connectivity index (χ4n) is 2.90. The summed E-state index contributed by atoms with van der Waals surface area (Å²) in [7, 11) is 1.61. The molecule has 0 atom stereocenters. The lowest BCUT2D eigenvalue weighted by molar-refractivity contribution is 0.0955. The number of hydrogen-bond acceptors (Lipinski definition) is 6. The summed E-state index contributed by atoms with van der Waals surface area (Å²) in [5.41, 5.74) is 5.46. The third-order valence-electron chi connectivity index (χ3n) is 4.56. The van der Waals surface area contributed by atoms with Gasteiger partial charge < -0.3 is 9.47 Å². The van der Waals surface area contributed by atoms with Gasteiger partial charge >= 0.3 is 0 Å². The number of methoxy groups -OCH3 is 1. The summed E-state index contributed by atoms with van der Waals surface area (Å²) >= 11 is 0. The highest BCUT2D eigenvalue weighted by molar-refractivity contribution is 5.95. The van der Waals surface area contributed by atoms with Crippen LogP contribution in [0.15, 0.2) is 78.2 Å². The van der Waals surface area contributed by atoms with E-state index in [2.05, 4.69) is 20.5 Å². The molecule has 31 heavy (non-hydrogen) atoms. The van der Waals surface area contributed by atoms with Crippen LogP contribution in [0.1, 0.15) is 21.5 Å². The molecule has 0 bridgehead atoms. The number of hydrazone groups is 1. The lowest BCUT2D eigenvalue weighted by Gasteiger charge is -2.10. The lowest BCUT2D eigenvalue weighted by Crippen LogP contribution is -2.17. The molecule has 0 unspecified atom stereocenters. The molecule has 0 spiro atoms. The van der Waals surface area contributed by atoms with Crippen LogP contribution in [0.4, 0.5) is 0 Å². The molecule has 0 aliphatic carbocycles. The molecule has 0 saturated heterocycles. The highest BCUT2D eigenvalue weighted by atomic mass is 16.5. The Labute approximate surface area is 179 Å². The van der Waals surface area contributed by atoms with E-state index in [0.717, 1.165) is 22.2 Å². The van der Waals surface area contributed by atoms with E-state index in [9.17, 15) is 4.79 Å². The number of nitrogens with zero attached hydrogens (tertiary/aromatic N) is 3. The van der Waals surface area contributed by atoms with E-state index in [1.807, 2.05) is 55.5 Å². The summed E-state index contributed by atoms with van der Waals surface area (Å²) in [5, 5.41) is 4.95. The minimum atomic E-state index is -0.338. The molecule has 4 aromatic rings. The Balaban J connectivity index is 1.66. The van der Waals surface area contributed by atoms with Crippen LogP contribution in [0.2, 0.25) is 0 Å². The molecule has 1 N–H and O–H groups in total. The number of aryl methyl sites for hydroxylation is 1. The van der Waals surface area contributed by atoms with Gasteiger partial charge in [0.1, 0.15) is 11.5 Å². The van der Waals surface area contributed by atoms with Crippen molar-refractivity contribution in [3.05, 3.63) is 89.7 Å². The van der Waals surface area contributed by atoms with Gasteiger partial charge in [-0.1, -0.05) is 17.7 Å². The Morgan fingerprint density at radius 3 is 2.48 bits per heavy atom. The zero-order valence-electron chi connectivity index (χ0n) is 17.1. The second kappa shape index (κ2) is 9.04. The first-order chi connectivity index (χ1) is 15.1. The molecule has 154 valence electrons. The van der Waals surface area contributed by atoms with Crippen LogP contribution < -0.4 is 14.9 Å². The largest absolute Gasteiger partial charge is 0.497 e. The number of benzene rings is 2. The van der Waals surface area contributed by atoms with Crippen LogP contribution in [0.25, 0.3) is 10.9 Å². The molecule has 4 rings (SSSR count). The highest BCUT2D eigenvalue weighted by Crippen LogP contribution is 2.28. The number of aromatic nitrogens is 2. The third-order valence-corrected chi connectivity index (χ3v) is 4.56. The number of carbonyl (C=O) groups is 1. The number of nitrogens with one attached hydrogen (secondary N) is 1. The molecular formula is C24H20N4O3. The van der Waals surface area contributed by atoms with Gasteiger partial charge in [0.25, 0.3) is 5.91 Å². The molecule has 0 radical (unpaired) electrons. The van der Waals surface area contributed by atoms with Crippen molar-refractivity contribution in [2.24, 2.45) is 5.10 Å². The Kier molecular flexibility index (Phi) is 5.84. The van der Waals surface area contributed by atoms with Gasteiger partial charge in [-0.15, -0.1) is 0 Å². The van der Waals surface area contributed by atoms with E-state index in [1.54, 1.807) is 31.6 Å². The van der Waals surface area contributed by atoms with E-state index in [0.29, 0.717) is 22.8 Å². The average Bonchev–Trinajstić information content (AvgIpc) is 2.81. The molecule has 0 fully saturated rings. The molecule has 0 aliphatic rings. The van der Waals surface area contributed by atoms with E-state index in [4.69, 9.17) is 9.47 Å². The zero-order valence-corrected chi connectivity index (χ0v) is 17.1. The second-order valence-corrected chi connectivity index (χ2v) is 6.79. The predicted octanol–water partition coefficient (Wildman–Crippen LogP) is 4.50. The van der Waals surface area contributed by atoms with Crippen molar-refractivity contribution in [3.63, 3.8) is 0 Å². The Hall–Kier alpha value is -4.26. The van der Waals surface area contributed by atoms with Gasteiger partial charge in [0.2, 0.25) is 5.88 Å². The average molecular weight is 412 g/mol. The lowest BCUT2D eigenvalue weighted by atomic mass is 10.1. The fourth-order valence-corrected chi connectivity index (χ4v) is 2.90. The van der Waals surface area contributed by atoms with Crippen LogP contribution >= 0.6 is 0 Å². The fraction of sp³-hybridized carbons (Fsp3) is 0.0833. The van der Waals surface area contributed by atoms with Crippen LogP contribution in [0.3, 0.4) is 0 Å². The topological polar surface area (TPSA) is 85.7 Å². The van der Waals surface area contributed by atoms with Crippen molar-refractivity contribution >= 4 is 23.0 Å². The van der Waals surface area contributed by atoms with E-state index < -0.39 is 0 Å². The van der Waals surface area contributed by atoms with Gasteiger partial charge in [-0.3, -0.25) is 9.78 Å². The summed E-state index contributed by atoms with van der Waals surface area (Å²) in [6.45, 7) is 2.01. The van der Waals surface area contributed by atoms with Crippen molar-refractivity contribution < 1.29 is 14.3 Å². The third kappa shape index (κ3) is 4.84. The quantitative estimate of drug-likeness (QED) is 0.372. The number of amides is 1. The monoisotopic (exact) mass is 412 g/mol. The van der Waals surface area contributed by atoms with Crippen molar-refractivity contribution in [1.29, 1.82) is 0 Å². The van der Waals surface area contributed by atoms with Crippen molar-refractivity contribution in [2.75, 3.05) is 7.11 Å². The Morgan fingerprint density at radius 1 is 1.00 bits per heavy atom. The van der Waals surface area contributed by atoms with Gasteiger partial charge in [0.05, 0.1) is 24.4 Å². The summed E-state index contributed by atoms with van der Waals surface area (Å²) in [6.07, 6.45) is 4.61. The van der Waals surface area contributed by atoms with Crippen LogP contribution in [0, 0.1) is 6.92 Å². The number of pyridine rings is 2.